The summed E-state index contributed by atoms with van der Waals surface area (Å²) in [5.74, 6) is 0. The van der Waals surface area contributed by atoms with Gasteiger partial charge in [0, 0.05) is 21.2 Å². The van der Waals surface area contributed by atoms with Crippen LogP contribution in [0, 0.1) is 0 Å². The van der Waals surface area contributed by atoms with Crippen LogP contribution in [0.3, 0.4) is 0 Å². The fraction of sp³-hybridized carbons (Fsp3) is 0. The maximum Gasteiger partial charge on any atom is 0.0102 e. The third-order valence-corrected chi connectivity index (χ3v) is 9.97. The van der Waals surface area contributed by atoms with E-state index < -0.39 is 0 Å². The number of hydrogen-bond donors (Lipinski definition) is 0. The Hall–Kier alpha value is -4.60. The topological polar surface area (TPSA) is 0 Å². The summed E-state index contributed by atoms with van der Waals surface area (Å²) < 4.78 is 0. The minimum Gasteiger partial charge on any atom is -0.0622 e. The van der Waals surface area contributed by atoms with Gasteiger partial charge in [0.05, 0.1) is 0 Å². The van der Waals surface area contributed by atoms with Gasteiger partial charge in [0.2, 0.25) is 0 Å². The molecule has 5 aromatic carbocycles. The zero-order chi connectivity index (χ0) is 28.1. The van der Waals surface area contributed by atoms with E-state index in [9.17, 15) is 0 Å². The van der Waals surface area contributed by atoms with Gasteiger partial charge in [0.25, 0.3) is 0 Å². The summed E-state index contributed by atoms with van der Waals surface area (Å²) in [6.07, 6.45) is 0. The van der Waals surface area contributed by atoms with Crippen molar-refractivity contribution in [3.8, 4) is 65.7 Å². The molecule has 0 nitrogen and oxygen atoms in total. The second-order valence-corrected chi connectivity index (χ2v) is 12.7. The Morgan fingerprint density at radius 3 is 0.762 bits per heavy atom. The Morgan fingerprint density at radius 1 is 0.214 bits per heavy atom. The van der Waals surface area contributed by atoms with Crippen molar-refractivity contribution in [3.63, 3.8) is 0 Å². The summed E-state index contributed by atoms with van der Waals surface area (Å²) >= 11 is 0. The van der Waals surface area contributed by atoms with Crippen molar-refractivity contribution in [1.29, 1.82) is 0 Å². The Balaban J connectivity index is 1.37. The SMILES string of the molecule is c1ccc(-c2cc(-c3cccc(-c4cc(-c5ccccc5)pc(-c5ccccc5)c4)c3)cc(-c3ccccc3)p2)cc1. The van der Waals surface area contributed by atoms with Crippen LogP contribution in [0.25, 0.3) is 65.7 Å². The molecule has 7 aromatic rings. The normalized spacial score (nSPS) is 10.9. The summed E-state index contributed by atoms with van der Waals surface area (Å²) in [7, 11) is 2.45. The zero-order valence-electron chi connectivity index (χ0n) is 23.1. The molecule has 0 unspecified atom stereocenters. The largest absolute Gasteiger partial charge is 0.0622 e. The van der Waals surface area contributed by atoms with Crippen LogP contribution >= 0.6 is 16.4 Å². The lowest BCUT2D eigenvalue weighted by molar-refractivity contribution is 1.60. The number of rotatable bonds is 6. The van der Waals surface area contributed by atoms with E-state index in [1.165, 1.54) is 82.1 Å². The summed E-state index contributed by atoms with van der Waals surface area (Å²) in [5.41, 5.74) is 9.99. The highest BCUT2D eigenvalue weighted by molar-refractivity contribution is 7.38. The van der Waals surface area contributed by atoms with Gasteiger partial charge in [0.1, 0.15) is 0 Å². The van der Waals surface area contributed by atoms with Crippen LogP contribution in [0.2, 0.25) is 0 Å². The van der Waals surface area contributed by atoms with Crippen LogP contribution in [-0.4, -0.2) is 0 Å². The summed E-state index contributed by atoms with van der Waals surface area (Å²) in [5, 5.41) is 5.27. The van der Waals surface area contributed by atoms with E-state index in [2.05, 4.69) is 170 Å². The van der Waals surface area contributed by atoms with Gasteiger partial charge in [-0.1, -0.05) is 156 Å². The van der Waals surface area contributed by atoms with Gasteiger partial charge in [-0.2, -0.15) is 0 Å². The van der Waals surface area contributed by atoms with Gasteiger partial charge < -0.3 is 0 Å². The average molecular weight is 571 g/mol. The quantitative estimate of drug-likeness (QED) is 0.187. The van der Waals surface area contributed by atoms with Crippen LogP contribution in [0.4, 0.5) is 0 Å². The molecular weight excluding hydrogens is 542 g/mol. The lowest BCUT2D eigenvalue weighted by Crippen LogP contribution is -1.85. The molecule has 0 aliphatic heterocycles. The molecule has 0 saturated carbocycles. The van der Waals surface area contributed by atoms with E-state index in [0.717, 1.165) is 0 Å². The Labute approximate surface area is 251 Å². The lowest BCUT2D eigenvalue weighted by Gasteiger charge is -2.13. The van der Waals surface area contributed by atoms with Gasteiger partial charge in [0.15, 0.2) is 0 Å². The smallest absolute Gasteiger partial charge is 0.0102 e. The highest BCUT2D eigenvalue weighted by Crippen LogP contribution is 2.43. The maximum absolute atomic E-state index is 2.36. The minimum absolute atomic E-state index is 1.22. The lowest BCUT2D eigenvalue weighted by atomic mass is 9.98. The van der Waals surface area contributed by atoms with Crippen LogP contribution in [0.5, 0.6) is 0 Å². The molecule has 198 valence electrons. The molecule has 0 fully saturated rings. The van der Waals surface area contributed by atoms with Crippen molar-refractivity contribution in [2.24, 2.45) is 0 Å². The van der Waals surface area contributed by atoms with Gasteiger partial charge in [-0.3, -0.25) is 0 Å². The predicted octanol–water partition coefficient (Wildman–Crippen LogP) is 12.8. The molecule has 0 N–H and O–H groups in total. The molecule has 0 atom stereocenters. The van der Waals surface area contributed by atoms with Crippen LogP contribution < -0.4 is 0 Å². The minimum atomic E-state index is 1.22. The zero-order valence-corrected chi connectivity index (χ0v) is 24.8. The van der Waals surface area contributed by atoms with E-state index in [1.807, 2.05) is 0 Å². The summed E-state index contributed by atoms with van der Waals surface area (Å²) in [6, 6.07) is 61.5. The van der Waals surface area contributed by atoms with Crippen molar-refractivity contribution >= 4 is 16.4 Å². The first-order valence-electron chi connectivity index (χ1n) is 14.2. The van der Waals surface area contributed by atoms with Crippen LogP contribution in [0.1, 0.15) is 0 Å². The van der Waals surface area contributed by atoms with Crippen LogP contribution in [0.15, 0.2) is 170 Å². The van der Waals surface area contributed by atoms with Gasteiger partial charge >= 0.3 is 0 Å². The Kier molecular flexibility index (Phi) is 7.58. The van der Waals surface area contributed by atoms with Gasteiger partial charge in [-0.25, -0.2) is 0 Å². The van der Waals surface area contributed by atoms with Crippen molar-refractivity contribution in [2.45, 2.75) is 0 Å². The maximum atomic E-state index is 2.36. The van der Waals surface area contributed by atoms with E-state index in [0.29, 0.717) is 0 Å². The second kappa shape index (κ2) is 12.1. The molecule has 2 aromatic heterocycles. The van der Waals surface area contributed by atoms with Crippen molar-refractivity contribution in [3.05, 3.63) is 170 Å². The molecule has 0 radical (unpaired) electrons. The molecule has 2 heteroatoms. The first-order valence-corrected chi connectivity index (χ1v) is 16.0. The first kappa shape index (κ1) is 26.3. The molecule has 0 spiro atoms. The van der Waals surface area contributed by atoms with E-state index in [4.69, 9.17) is 0 Å². The highest BCUT2D eigenvalue weighted by atomic mass is 31.0. The Morgan fingerprint density at radius 2 is 0.476 bits per heavy atom. The predicted molar refractivity (Wildman–Crippen MR) is 184 cm³/mol. The van der Waals surface area contributed by atoms with Crippen molar-refractivity contribution in [2.75, 3.05) is 0 Å². The standard InChI is InChI=1S/C40H28P2/c1-5-14-29(15-6-1)37-25-35(26-38(41-37)30-16-7-2-8-17-30)33-22-13-23-34(24-33)36-27-39(31-18-9-3-10-19-31)42-40(28-36)32-20-11-4-12-21-32/h1-28H. The number of benzene rings is 5. The molecule has 2 heterocycles. The van der Waals surface area contributed by atoms with E-state index >= 15 is 0 Å². The molecule has 0 aliphatic carbocycles. The Bertz CT molecular complexity index is 1690. The summed E-state index contributed by atoms with van der Waals surface area (Å²) in [4.78, 5) is 0. The van der Waals surface area contributed by atoms with Crippen LogP contribution in [-0.2, 0) is 0 Å². The van der Waals surface area contributed by atoms with E-state index in [1.54, 1.807) is 0 Å². The molecule has 0 saturated heterocycles. The molecule has 0 bridgehead atoms. The second-order valence-electron chi connectivity index (χ2n) is 10.3. The molecule has 7 rings (SSSR count). The average Bonchev–Trinajstić information content (AvgIpc) is 3.09. The summed E-state index contributed by atoms with van der Waals surface area (Å²) in [6.45, 7) is 0. The highest BCUT2D eigenvalue weighted by Gasteiger charge is 2.11. The third-order valence-electron chi connectivity index (χ3n) is 7.46. The molecule has 42 heavy (non-hydrogen) atoms. The van der Waals surface area contributed by atoms with Gasteiger partial charge in [-0.15, -0.1) is 0 Å². The fourth-order valence-corrected chi connectivity index (χ4v) is 7.75. The van der Waals surface area contributed by atoms with E-state index in [-0.39, 0.29) is 0 Å². The number of hydrogen-bond acceptors (Lipinski definition) is 0. The first-order chi connectivity index (χ1) is 20.8. The monoisotopic (exact) mass is 570 g/mol. The fourth-order valence-electron chi connectivity index (χ4n) is 5.30. The van der Waals surface area contributed by atoms with Crippen molar-refractivity contribution in [1.82, 2.24) is 0 Å². The third kappa shape index (κ3) is 5.74. The molecule has 0 aliphatic rings. The molecule has 0 amide bonds. The van der Waals surface area contributed by atoms with Crippen molar-refractivity contribution < 1.29 is 0 Å². The van der Waals surface area contributed by atoms with Gasteiger partial charge in [-0.05, 0) is 74.8 Å². The molecular formula is C40H28P2.